The Balaban J connectivity index is 0.000000260. The molecule has 68 heavy (non-hydrogen) atoms. The maximum absolute atomic E-state index is 12.3. The molecular weight excluding hydrogens is 859 g/mol. The van der Waals surface area contributed by atoms with Crippen LogP contribution >= 0.6 is 0 Å². The number of benzene rings is 4. The molecule has 3 aliphatic rings. The molecule has 17 heteroatoms. The highest BCUT2D eigenvalue weighted by Gasteiger charge is 2.21. The number of anilines is 3. The SMILES string of the molecule is C=C1NC(N)=Nc2ncc(CNc3ccc(C(=O)NCCCC)cc3)nc21.CC.CCN=c1ccc2c(-c3ccc(NC(=O)NCCNC=O)cc3CN)c3ccc(N(CC)CC)cc3oc-2c1. The van der Waals surface area contributed by atoms with Crippen molar-refractivity contribution >= 4 is 63.9 Å². The van der Waals surface area contributed by atoms with E-state index in [1.165, 1.54) is 0 Å². The van der Waals surface area contributed by atoms with Crippen LogP contribution in [-0.2, 0) is 17.9 Å². The normalized spacial score (nSPS) is 11.7. The van der Waals surface area contributed by atoms with Gasteiger partial charge in [-0.05, 0) is 99.0 Å². The summed E-state index contributed by atoms with van der Waals surface area (Å²) in [6.45, 7) is 20.9. The first kappa shape index (κ1) is 51.2. The second-order valence-electron chi connectivity index (χ2n) is 15.2. The van der Waals surface area contributed by atoms with Gasteiger partial charge in [-0.25, -0.2) is 14.8 Å². The van der Waals surface area contributed by atoms with Crippen LogP contribution in [0, 0.1) is 0 Å². The van der Waals surface area contributed by atoms with E-state index in [9.17, 15) is 14.4 Å². The minimum atomic E-state index is -0.357. The standard InChI is InChI=1S/C30H36N6O3.C19H23N7O.C2H6/c1-4-33-21-7-11-25-27(16-21)39-28-17-23(36(5-2)6-3)9-12-26(28)29(25)24-10-8-22(15-20(24)18-31)35-30(38)34-14-13-32-19-37;1-3-4-9-21-18(27)13-5-7-14(8-6-13)22-10-15-11-23-17-16(25-15)12(2)24-19(20)26-17;1-2/h7-12,15-17,19H,4-6,13-14,18,31H2,1-3H3,(H,32,37)(H2,34,35,38);5-8,11,22H,2-4,9-10H2,1H3,(H,21,27)(H3,20,23,24,26);1-2H3. The number of carbonyl (C=O) groups excluding carboxylic acids is 3. The molecule has 3 heterocycles. The maximum atomic E-state index is 12.3. The zero-order valence-electron chi connectivity index (χ0n) is 40.0. The highest BCUT2D eigenvalue weighted by molar-refractivity contribution is 6.04. The molecule has 3 aromatic carbocycles. The van der Waals surface area contributed by atoms with Gasteiger partial charge in [0.25, 0.3) is 5.91 Å². The molecule has 0 unspecified atom stereocenters. The van der Waals surface area contributed by atoms with Crippen LogP contribution in [0.3, 0.4) is 0 Å². The number of rotatable bonds is 18. The lowest BCUT2D eigenvalue weighted by molar-refractivity contribution is -0.109. The monoisotopic (exact) mass is 924 g/mol. The number of hydrogen-bond donors (Lipinski definition) is 8. The van der Waals surface area contributed by atoms with Gasteiger partial charge < -0.3 is 52.7 Å². The number of nitrogens with two attached hydrogens (primary N) is 2. The Morgan fingerprint density at radius 3 is 2.35 bits per heavy atom. The van der Waals surface area contributed by atoms with Crippen LogP contribution in [0.5, 0.6) is 0 Å². The lowest BCUT2D eigenvalue weighted by Crippen LogP contribution is -2.34. The number of carbonyl (C=O) groups is 3. The highest BCUT2D eigenvalue weighted by atomic mass is 16.3. The molecule has 17 nitrogen and oxygen atoms in total. The molecular formula is C51H65N13O4. The summed E-state index contributed by atoms with van der Waals surface area (Å²) < 4.78 is 6.47. The molecule has 0 radical (unpaired) electrons. The first-order valence-corrected chi connectivity index (χ1v) is 23.2. The van der Waals surface area contributed by atoms with Crippen molar-refractivity contribution in [1.29, 1.82) is 0 Å². The van der Waals surface area contributed by atoms with E-state index in [1.807, 2.05) is 69.3 Å². The Morgan fingerprint density at radius 2 is 1.65 bits per heavy atom. The van der Waals surface area contributed by atoms with Crippen LogP contribution in [0.2, 0.25) is 0 Å². The summed E-state index contributed by atoms with van der Waals surface area (Å²) in [7, 11) is 0. The Bertz CT molecular complexity index is 2730. The van der Waals surface area contributed by atoms with Gasteiger partial charge in [0.1, 0.15) is 17.0 Å². The molecule has 0 atom stereocenters. The minimum absolute atomic E-state index is 0.0543. The van der Waals surface area contributed by atoms with E-state index in [0.29, 0.717) is 67.6 Å². The van der Waals surface area contributed by atoms with Gasteiger partial charge in [0, 0.05) is 97.1 Å². The number of aliphatic imine (C=N–C) groups is 1. The Labute approximate surface area is 398 Å². The molecule has 4 amide bonds. The van der Waals surface area contributed by atoms with Crippen molar-refractivity contribution in [1.82, 2.24) is 31.2 Å². The molecule has 0 bridgehead atoms. The number of nitrogens with zero attached hydrogens (tertiary/aromatic N) is 5. The van der Waals surface area contributed by atoms with E-state index in [0.717, 1.165) is 87.3 Å². The summed E-state index contributed by atoms with van der Waals surface area (Å²) in [5.74, 6) is 1.41. The molecule has 7 rings (SSSR count). The number of aromatic nitrogens is 2. The zero-order valence-corrected chi connectivity index (χ0v) is 40.0. The lowest BCUT2D eigenvalue weighted by atomic mass is 9.90. The smallest absolute Gasteiger partial charge is 0.319 e. The van der Waals surface area contributed by atoms with E-state index in [2.05, 4.69) is 102 Å². The first-order valence-electron chi connectivity index (χ1n) is 23.2. The number of urea groups is 1. The van der Waals surface area contributed by atoms with Crippen LogP contribution in [0.4, 0.5) is 27.7 Å². The van der Waals surface area contributed by atoms with Crippen molar-refractivity contribution in [2.75, 3.05) is 54.8 Å². The first-order chi connectivity index (χ1) is 33.1. The second-order valence-corrected chi connectivity index (χ2v) is 15.2. The fourth-order valence-electron chi connectivity index (χ4n) is 7.35. The van der Waals surface area contributed by atoms with Crippen molar-refractivity contribution in [3.05, 3.63) is 120 Å². The van der Waals surface area contributed by atoms with Crippen LogP contribution in [0.25, 0.3) is 39.1 Å². The van der Waals surface area contributed by atoms with E-state index in [4.69, 9.17) is 15.9 Å². The molecule has 0 spiro atoms. The van der Waals surface area contributed by atoms with Crippen molar-refractivity contribution in [2.24, 2.45) is 21.5 Å². The van der Waals surface area contributed by atoms with E-state index >= 15 is 0 Å². The van der Waals surface area contributed by atoms with Gasteiger partial charge in [-0.2, -0.15) is 4.99 Å². The summed E-state index contributed by atoms with van der Waals surface area (Å²) in [6, 6.07) is 25.1. The van der Waals surface area contributed by atoms with E-state index < -0.39 is 0 Å². The van der Waals surface area contributed by atoms with Gasteiger partial charge in [-0.3, -0.25) is 14.6 Å². The van der Waals surface area contributed by atoms with Gasteiger partial charge in [0.05, 0.1) is 29.5 Å². The Hall–Kier alpha value is -7.79. The summed E-state index contributed by atoms with van der Waals surface area (Å²) in [5, 5.41) is 18.9. The van der Waals surface area contributed by atoms with Gasteiger partial charge in [-0.1, -0.05) is 39.8 Å². The second kappa shape index (κ2) is 25.8. The number of hydrogen-bond acceptors (Lipinski definition) is 13. The average molecular weight is 924 g/mol. The van der Waals surface area contributed by atoms with E-state index in [-0.39, 0.29) is 24.4 Å². The Morgan fingerprint density at radius 1 is 0.897 bits per heavy atom. The van der Waals surface area contributed by atoms with Crippen molar-refractivity contribution in [3.8, 4) is 22.5 Å². The van der Waals surface area contributed by atoms with Gasteiger partial charge in [0.15, 0.2) is 11.8 Å². The van der Waals surface area contributed by atoms with Gasteiger partial charge in [-0.15, -0.1) is 0 Å². The quantitative estimate of drug-likeness (QED) is 0.0239. The third-order valence-corrected chi connectivity index (χ3v) is 10.7. The number of guanidine groups is 1. The summed E-state index contributed by atoms with van der Waals surface area (Å²) in [5.41, 5.74) is 21.7. The fraction of sp³-hybridized carbons (Fsp3) is 0.314. The molecule has 358 valence electrons. The molecule has 1 aromatic heterocycles. The van der Waals surface area contributed by atoms with Crippen LogP contribution in [0.1, 0.15) is 81.7 Å². The summed E-state index contributed by atoms with van der Waals surface area (Å²) >= 11 is 0. The third kappa shape index (κ3) is 13.4. The zero-order chi connectivity index (χ0) is 49.0. The van der Waals surface area contributed by atoms with E-state index in [1.54, 1.807) is 18.3 Å². The van der Waals surface area contributed by atoms with Crippen LogP contribution < -0.4 is 53.6 Å². The molecule has 0 fully saturated rings. The molecule has 0 saturated carbocycles. The van der Waals surface area contributed by atoms with Crippen molar-refractivity contribution in [2.45, 2.75) is 67.5 Å². The molecule has 0 saturated heterocycles. The number of unbranched alkanes of at least 4 members (excludes halogenated alkanes) is 1. The van der Waals surface area contributed by atoms with Gasteiger partial charge >= 0.3 is 6.03 Å². The number of fused-ring (bicyclic) bond motifs is 3. The number of nitrogens with one attached hydrogen (secondary N) is 6. The topological polar surface area (TPSA) is 242 Å². The van der Waals surface area contributed by atoms with Crippen LogP contribution in [0.15, 0.2) is 106 Å². The summed E-state index contributed by atoms with van der Waals surface area (Å²) in [4.78, 5) is 54.4. The van der Waals surface area contributed by atoms with Crippen LogP contribution in [-0.4, -0.2) is 73.5 Å². The van der Waals surface area contributed by atoms with Crippen molar-refractivity contribution in [3.63, 3.8) is 0 Å². The lowest BCUT2D eigenvalue weighted by Gasteiger charge is -2.23. The molecule has 1 aliphatic carbocycles. The predicted molar refractivity (Wildman–Crippen MR) is 275 cm³/mol. The minimum Gasteiger partial charge on any atom is -0.456 e. The third-order valence-electron chi connectivity index (χ3n) is 10.7. The van der Waals surface area contributed by atoms with Gasteiger partial charge in [0.2, 0.25) is 6.41 Å². The molecule has 2 aliphatic heterocycles. The number of amides is 4. The summed E-state index contributed by atoms with van der Waals surface area (Å²) in [6.07, 6.45) is 4.28. The van der Waals surface area contributed by atoms with Crippen molar-refractivity contribution < 1.29 is 18.8 Å². The maximum Gasteiger partial charge on any atom is 0.319 e. The molecule has 4 aromatic rings. The fourth-order valence-corrected chi connectivity index (χ4v) is 7.35. The largest absolute Gasteiger partial charge is 0.456 e. The highest BCUT2D eigenvalue weighted by Crippen LogP contribution is 2.42. The predicted octanol–water partition coefficient (Wildman–Crippen LogP) is 7.46. The molecule has 10 N–H and O–H groups in total. The average Bonchev–Trinajstić information content (AvgIpc) is 3.35. The Kier molecular flexibility index (Phi) is 19.4.